The van der Waals surface area contributed by atoms with Crippen LogP contribution in [-0.4, -0.2) is 22.6 Å². The van der Waals surface area contributed by atoms with E-state index in [1.807, 2.05) is 0 Å². The van der Waals surface area contributed by atoms with Gasteiger partial charge in [0.1, 0.15) is 5.69 Å². The molecule has 0 aliphatic carbocycles. The number of pyridine rings is 1. The maximum absolute atomic E-state index is 10.1. The van der Waals surface area contributed by atoms with Gasteiger partial charge < -0.3 is 10.8 Å². The Morgan fingerprint density at radius 2 is 1.70 bits per heavy atom. The average molecular weight is 280 g/mol. The smallest absolute Gasteiger partial charge is 0.354 e. The highest BCUT2D eigenvalue weighted by Crippen LogP contribution is 2.07. The number of hydrogen-bond acceptors (Lipinski definition) is 3. The molecule has 0 fully saturated rings. The van der Waals surface area contributed by atoms with Gasteiger partial charge in [-0.1, -0.05) is 57.9 Å². The number of nitrogens with two attached hydrogens (primary N) is 1. The zero-order valence-electron chi connectivity index (χ0n) is 12.6. The Bertz CT molecular complexity index is 321. The Balaban J connectivity index is 0.000000367. The molecule has 1 rings (SSSR count). The molecule has 4 nitrogen and oxygen atoms in total. The van der Waals surface area contributed by atoms with Gasteiger partial charge in [0.05, 0.1) is 0 Å². The number of rotatable bonds is 9. The Kier molecular flexibility index (Phi) is 13.0. The van der Waals surface area contributed by atoms with Crippen LogP contribution in [0.25, 0.3) is 0 Å². The zero-order chi connectivity index (χ0) is 15.1. The van der Waals surface area contributed by atoms with Gasteiger partial charge in [-0.15, -0.1) is 0 Å². The molecular formula is C16H28N2O2. The topological polar surface area (TPSA) is 76.2 Å². The molecule has 0 saturated heterocycles. The highest BCUT2D eigenvalue weighted by atomic mass is 16.4. The molecule has 0 aliphatic rings. The van der Waals surface area contributed by atoms with Gasteiger partial charge >= 0.3 is 5.97 Å². The molecule has 114 valence electrons. The summed E-state index contributed by atoms with van der Waals surface area (Å²) in [6, 6.07) is 4.76. The van der Waals surface area contributed by atoms with Gasteiger partial charge in [0.25, 0.3) is 0 Å². The summed E-state index contributed by atoms with van der Waals surface area (Å²) >= 11 is 0. The number of unbranched alkanes of at least 4 members (excludes halogenated alkanes) is 7. The minimum atomic E-state index is -0.990. The van der Waals surface area contributed by atoms with Crippen molar-refractivity contribution in [2.45, 2.75) is 58.3 Å². The number of aromatic nitrogens is 1. The van der Waals surface area contributed by atoms with E-state index < -0.39 is 5.97 Å². The van der Waals surface area contributed by atoms with E-state index in [4.69, 9.17) is 10.8 Å². The van der Waals surface area contributed by atoms with E-state index in [9.17, 15) is 4.79 Å². The first-order chi connectivity index (χ1) is 9.72. The van der Waals surface area contributed by atoms with Gasteiger partial charge in [-0.2, -0.15) is 0 Å². The summed E-state index contributed by atoms with van der Waals surface area (Å²) in [4.78, 5) is 13.7. The molecule has 0 aliphatic heterocycles. The van der Waals surface area contributed by atoms with E-state index in [0.29, 0.717) is 0 Å². The number of hydrogen-bond donors (Lipinski definition) is 2. The molecule has 20 heavy (non-hydrogen) atoms. The van der Waals surface area contributed by atoms with Crippen molar-refractivity contribution < 1.29 is 9.90 Å². The number of carbonyl (C=O) groups is 1. The molecule has 1 heterocycles. The van der Waals surface area contributed by atoms with Gasteiger partial charge in [-0.05, 0) is 25.1 Å². The van der Waals surface area contributed by atoms with Gasteiger partial charge in [0.2, 0.25) is 0 Å². The maximum atomic E-state index is 10.1. The third kappa shape index (κ3) is 11.7. The lowest BCUT2D eigenvalue weighted by Crippen LogP contribution is -1.97. The van der Waals surface area contributed by atoms with Crippen molar-refractivity contribution in [1.29, 1.82) is 0 Å². The molecular weight excluding hydrogens is 252 g/mol. The summed E-state index contributed by atoms with van der Waals surface area (Å²) in [6.45, 7) is 3.13. The van der Waals surface area contributed by atoms with E-state index in [-0.39, 0.29) is 5.69 Å². The first-order valence-electron chi connectivity index (χ1n) is 7.56. The largest absolute Gasteiger partial charge is 0.477 e. The molecule has 0 saturated carbocycles. The standard InChI is InChI=1S/C10H23N.C6H5NO2/c1-2-3-4-5-6-7-8-9-10-11;8-6(9)5-3-1-2-4-7-5/h2-11H2,1H3;1-4H,(H,8,9). The Morgan fingerprint density at radius 3 is 2.10 bits per heavy atom. The van der Waals surface area contributed by atoms with Crippen LogP contribution in [-0.2, 0) is 0 Å². The first-order valence-corrected chi connectivity index (χ1v) is 7.56. The van der Waals surface area contributed by atoms with E-state index in [1.54, 1.807) is 12.1 Å². The summed E-state index contributed by atoms with van der Waals surface area (Å²) in [6.07, 6.45) is 12.4. The van der Waals surface area contributed by atoms with Crippen molar-refractivity contribution in [1.82, 2.24) is 4.98 Å². The van der Waals surface area contributed by atoms with E-state index in [0.717, 1.165) is 6.54 Å². The summed E-state index contributed by atoms with van der Waals surface area (Å²) < 4.78 is 0. The van der Waals surface area contributed by atoms with Crippen LogP contribution in [0.5, 0.6) is 0 Å². The average Bonchev–Trinajstić information content (AvgIpc) is 2.48. The predicted molar refractivity (Wildman–Crippen MR) is 82.9 cm³/mol. The molecule has 0 atom stereocenters. The third-order valence-corrected chi connectivity index (χ3v) is 2.94. The molecule has 0 amide bonds. The van der Waals surface area contributed by atoms with Crippen LogP contribution in [0.1, 0.15) is 68.8 Å². The van der Waals surface area contributed by atoms with Crippen molar-refractivity contribution in [3.8, 4) is 0 Å². The molecule has 1 aromatic rings. The second kappa shape index (κ2) is 14.0. The Labute approximate surface area is 122 Å². The second-order valence-corrected chi connectivity index (χ2v) is 4.78. The van der Waals surface area contributed by atoms with E-state index >= 15 is 0 Å². The Morgan fingerprint density at radius 1 is 1.10 bits per heavy atom. The highest BCUT2D eigenvalue weighted by molar-refractivity contribution is 5.85. The van der Waals surface area contributed by atoms with Crippen LogP contribution in [0.3, 0.4) is 0 Å². The summed E-state index contributed by atoms with van der Waals surface area (Å²) in [5, 5.41) is 8.32. The summed E-state index contributed by atoms with van der Waals surface area (Å²) in [7, 11) is 0. The van der Waals surface area contributed by atoms with Crippen molar-refractivity contribution in [3.63, 3.8) is 0 Å². The molecule has 0 spiro atoms. The molecule has 3 N–H and O–H groups in total. The van der Waals surface area contributed by atoms with Crippen LogP contribution in [0.15, 0.2) is 24.4 Å². The summed E-state index contributed by atoms with van der Waals surface area (Å²) in [5.74, 6) is -0.990. The quantitative estimate of drug-likeness (QED) is 0.673. The molecule has 0 unspecified atom stereocenters. The lowest BCUT2D eigenvalue weighted by Gasteiger charge is -1.99. The second-order valence-electron chi connectivity index (χ2n) is 4.78. The number of nitrogens with zero attached hydrogens (tertiary/aromatic N) is 1. The van der Waals surface area contributed by atoms with Crippen molar-refractivity contribution in [3.05, 3.63) is 30.1 Å². The molecule has 0 aromatic carbocycles. The third-order valence-electron chi connectivity index (χ3n) is 2.94. The van der Waals surface area contributed by atoms with Crippen LogP contribution < -0.4 is 5.73 Å². The minimum absolute atomic E-state index is 0.0810. The van der Waals surface area contributed by atoms with Crippen molar-refractivity contribution in [2.24, 2.45) is 5.73 Å². The Hall–Kier alpha value is -1.42. The predicted octanol–water partition coefficient (Wildman–Crippen LogP) is 3.87. The maximum Gasteiger partial charge on any atom is 0.354 e. The van der Waals surface area contributed by atoms with Crippen LogP contribution >= 0.6 is 0 Å². The highest BCUT2D eigenvalue weighted by Gasteiger charge is 1.98. The van der Waals surface area contributed by atoms with Crippen molar-refractivity contribution in [2.75, 3.05) is 6.54 Å². The fourth-order valence-corrected chi connectivity index (χ4v) is 1.77. The lowest BCUT2D eigenvalue weighted by molar-refractivity contribution is 0.0690. The number of aromatic carboxylic acids is 1. The van der Waals surface area contributed by atoms with Gasteiger partial charge in [-0.3, -0.25) is 0 Å². The van der Waals surface area contributed by atoms with E-state index in [1.165, 1.54) is 63.6 Å². The van der Waals surface area contributed by atoms with Crippen LogP contribution in [0, 0.1) is 0 Å². The normalized spacial score (nSPS) is 9.70. The fourth-order valence-electron chi connectivity index (χ4n) is 1.77. The summed E-state index contributed by atoms with van der Waals surface area (Å²) in [5.41, 5.74) is 5.47. The molecule has 0 bridgehead atoms. The number of carboxylic acids is 1. The first kappa shape index (κ1) is 18.6. The van der Waals surface area contributed by atoms with Crippen LogP contribution in [0.4, 0.5) is 0 Å². The van der Waals surface area contributed by atoms with Gasteiger partial charge in [0.15, 0.2) is 0 Å². The lowest BCUT2D eigenvalue weighted by atomic mass is 10.1. The molecule has 0 radical (unpaired) electrons. The van der Waals surface area contributed by atoms with Gasteiger partial charge in [0, 0.05) is 6.20 Å². The van der Waals surface area contributed by atoms with E-state index in [2.05, 4.69) is 11.9 Å². The zero-order valence-corrected chi connectivity index (χ0v) is 12.6. The molecule has 1 aromatic heterocycles. The fraction of sp³-hybridized carbons (Fsp3) is 0.625. The SMILES string of the molecule is CCCCCCCCCCN.O=C(O)c1ccccn1. The van der Waals surface area contributed by atoms with Crippen molar-refractivity contribution >= 4 is 5.97 Å². The molecule has 4 heteroatoms. The van der Waals surface area contributed by atoms with Gasteiger partial charge in [-0.25, -0.2) is 9.78 Å². The number of carboxylic acid groups (broad SMARTS) is 1. The monoisotopic (exact) mass is 280 g/mol. The van der Waals surface area contributed by atoms with Crippen LogP contribution in [0.2, 0.25) is 0 Å². The minimum Gasteiger partial charge on any atom is -0.477 e.